The fourth-order valence-corrected chi connectivity index (χ4v) is 4.41. The van der Waals surface area contributed by atoms with Crippen molar-refractivity contribution in [2.45, 2.75) is 71.3 Å². The summed E-state index contributed by atoms with van der Waals surface area (Å²) in [5.41, 5.74) is 2.37. The van der Waals surface area contributed by atoms with E-state index in [4.69, 9.17) is 4.74 Å². The molecule has 1 aromatic rings. The average molecular weight is 344 g/mol. The summed E-state index contributed by atoms with van der Waals surface area (Å²) in [6.45, 7) is 8.23. The Morgan fingerprint density at radius 1 is 1.40 bits per heavy atom. The number of aryl methyl sites for hydroxylation is 1. The Morgan fingerprint density at radius 2 is 2.12 bits per heavy atom. The standard InChI is InChI=1S/C21H28O4/c1-5-6-7-13-11-16(22)18-14-10-12(2)8-9-15(14)21(3,4)25-19(18)17(13)20(23)24/h10-11,14-15,22H,5-9H2,1-4H3,(H,23,24)/t14-,15-/m1/s1. The molecule has 4 nitrogen and oxygen atoms in total. The first-order chi connectivity index (χ1) is 11.8. The molecule has 0 bridgehead atoms. The van der Waals surface area contributed by atoms with Crippen LogP contribution in [0, 0.1) is 5.92 Å². The van der Waals surface area contributed by atoms with Crippen LogP contribution in [-0.2, 0) is 6.42 Å². The van der Waals surface area contributed by atoms with E-state index in [0.29, 0.717) is 23.3 Å². The first-order valence-electron chi connectivity index (χ1n) is 9.24. The molecule has 3 rings (SSSR count). The summed E-state index contributed by atoms with van der Waals surface area (Å²) in [5.74, 6) is -0.199. The third-order valence-electron chi connectivity index (χ3n) is 5.73. The highest BCUT2D eigenvalue weighted by molar-refractivity contribution is 5.94. The summed E-state index contributed by atoms with van der Waals surface area (Å²) in [6, 6.07) is 1.65. The van der Waals surface area contributed by atoms with Gasteiger partial charge in [-0.15, -0.1) is 0 Å². The predicted molar refractivity (Wildman–Crippen MR) is 97.6 cm³/mol. The van der Waals surface area contributed by atoms with Crippen LogP contribution in [0.3, 0.4) is 0 Å². The largest absolute Gasteiger partial charge is 0.507 e. The molecule has 1 aliphatic carbocycles. The number of phenolic OH excluding ortho intramolecular Hbond substituents is 1. The van der Waals surface area contributed by atoms with Crippen molar-refractivity contribution in [3.05, 3.63) is 34.4 Å². The molecule has 1 heterocycles. The summed E-state index contributed by atoms with van der Waals surface area (Å²) in [7, 11) is 0. The zero-order chi connectivity index (χ0) is 18.4. The summed E-state index contributed by atoms with van der Waals surface area (Å²) < 4.78 is 6.25. The van der Waals surface area contributed by atoms with Crippen LogP contribution in [0.5, 0.6) is 11.5 Å². The number of carboxylic acid groups (broad SMARTS) is 1. The number of aromatic hydroxyl groups is 1. The van der Waals surface area contributed by atoms with Crippen molar-refractivity contribution in [1.82, 2.24) is 0 Å². The minimum Gasteiger partial charge on any atom is -0.507 e. The first-order valence-corrected chi connectivity index (χ1v) is 9.24. The van der Waals surface area contributed by atoms with Crippen LogP contribution in [0.15, 0.2) is 17.7 Å². The normalized spacial score (nSPS) is 23.9. The van der Waals surface area contributed by atoms with E-state index in [9.17, 15) is 15.0 Å². The van der Waals surface area contributed by atoms with Crippen LogP contribution in [0.2, 0.25) is 0 Å². The summed E-state index contributed by atoms with van der Waals surface area (Å²) in [6.07, 6.45) is 6.67. The lowest BCUT2D eigenvalue weighted by Gasteiger charge is -2.47. The topological polar surface area (TPSA) is 66.8 Å². The van der Waals surface area contributed by atoms with Crippen molar-refractivity contribution in [2.24, 2.45) is 5.92 Å². The second kappa shape index (κ2) is 6.40. The number of phenols is 1. The molecule has 2 atom stereocenters. The third-order valence-corrected chi connectivity index (χ3v) is 5.73. The van der Waals surface area contributed by atoms with Gasteiger partial charge in [0.1, 0.15) is 22.7 Å². The molecule has 4 heteroatoms. The fraction of sp³-hybridized carbons (Fsp3) is 0.571. The SMILES string of the molecule is CCCCc1cc(O)c2c(c1C(=O)O)OC(C)(C)[C@@H]1CCC(C)=C[C@@H]21. The number of unbranched alkanes of at least 4 members (excludes halogenated alkanes) is 1. The van der Waals surface area contributed by atoms with E-state index in [1.165, 1.54) is 5.57 Å². The molecule has 1 aromatic carbocycles. The summed E-state index contributed by atoms with van der Waals surface area (Å²) in [4.78, 5) is 12.0. The molecule has 0 saturated heterocycles. The van der Waals surface area contributed by atoms with Gasteiger partial charge in [0.15, 0.2) is 0 Å². The van der Waals surface area contributed by atoms with Gasteiger partial charge < -0.3 is 14.9 Å². The van der Waals surface area contributed by atoms with Gasteiger partial charge in [-0.25, -0.2) is 4.79 Å². The lowest BCUT2D eigenvalue weighted by atomic mass is 9.67. The maximum atomic E-state index is 12.0. The maximum absolute atomic E-state index is 12.0. The van der Waals surface area contributed by atoms with Gasteiger partial charge in [-0.05, 0) is 58.1 Å². The number of aromatic carboxylic acids is 1. The number of carbonyl (C=O) groups is 1. The number of fused-ring (bicyclic) bond motifs is 3. The van der Waals surface area contributed by atoms with Crippen LogP contribution in [0.25, 0.3) is 0 Å². The Labute approximate surface area is 149 Å². The number of benzene rings is 1. The molecule has 1 aliphatic heterocycles. The van der Waals surface area contributed by atoms with Gasteiger partial charge >= 0.3 is 5.97 Å². The van der Waals surface area contributed by atoms with Crippen LogP contribution in [0.4, 0.5) is 0 Å². The van der Waals surface area contributed by atoms with Crippen molar-refractivity contribution >= 4 is 5.97 Å². The quantitative estimate of drug-likeness (QED) is 0.751. The van der Waals surface area contributed by atoms with E-state index >= 15 is 0 Å². The van der Waals surface area contributed by atoms with E-state index < -0.39 is 11.6 Å². The van der Waals surface area contributed by atoms with Gasteiger partial charge in [-0.1, -0.05) is 25.0 Å². The molecule has 0 aromatic heterocycles. The van der Waals surface area contributed by atoms with E-state index in [0.717, 1.165) is 25.7 Å². The van der Waals surface area contributed by atoms with E-state index in [2.05, 4.69) is 19.9 Å². The first kappa shape index (κ1) is 17.8. The van der Waals surface area contributed by atoms with Gasteiger partial charge in [0.25, 0.3) is 0 Å². The zero-order valence-corrected chi connectivity index (χ0v) is 15.6. The van der Waals surface area contributed by atoms with E-state index in [-0.39, 0.29) is 23.1 Å². The smallest absolute Gasteiger partial charge is 0.339 e. The Balaban J connectivity index is 2.24. The molecule has 25 heavy (non-hydrogen) atoms. The third kappa shape index (κ3) is 3.03. The number of hydrogen-bond acceptors (Lipinski definition) is 3. The van der Waals surface area contributed by atoms with Crippen molar-refractivity contribution in [1.29, 1.82) is 0 Å². The molecule has 0 saturated carbocycles. The monoisotopic (exact) mass is 344 g/mol. The molecule has 2 N–H and O–H groups in total. The number of ether oxygens (including phenoxy) is 1. The van der Waals surface area contributed by atoms with Crippen molar-refractivity contribution < 1.29 is 19.7 Å². The van der Waals surface area contributed by atoms with Crippen LogP contribution < -0.4 is 4.74 Å². The Hall–Kier alpha value is -1.97. The van der Waals surface area contributed by atoms with Gasteiger partial charge in [-0.3, -0.25) is 0 Å². The average Bonchev–Trinajstić information content (AvgIpc) is 2.51. The number of allylic oxidation sites excluding steroid dienone is 2. The number of carboxylic acids is 1. The molecule has 2 aliphatic rings. The summed E-state index contributed by atoms with van der Waals surface area (Å²) >= 11 is 0. The van der Waals surface area contributed by atoms with Gasteiger partial charge in [0, 0.05) is 17.4 Å². The molecular weight excluding hydrogens is 316 g/mol. The molecule has 0 amide bonds. The highest BCUT2D eigenvalue weighted by Crippen LogP contribution is 2.54. The van der Waals surface area contributed by atoms with Gasteiger partial charge in [0.2, 0.25) is 0 Å². The van der Waals surface area contributed by atoms with Crippen LogP contribution in [0.1, 0.15) is 80.8 Å². The van der Waals surface area contributed by atoms with E-state index in [1.54, 1.807) is 6.07 Å². The number of hydrogen-bond donors (Lipinski definition) is 2. The Bertz CT molecular complexity index is 730. The fourth-order valence-electron chi connectivity index (χ4n) is 4.41. The lowest BCUT2D eigenvalue weighted by molar-refractivity contribution is 0.00917. The van der Waals surface area contributed by atoms with Gasteiger partial charge in [-0.2, -0.15) is 0 Å². The molecular formula is C21H28O4. The second-order valence-corrected chi connectivity index (χ2v) is 7.97. The highest BCUT2D eigenvalue weighted by Gasteiger charge is 2.47. The van der Waals surface area contributed by atoms with E-state index in [1.807, 2.05) is 13.8 Å². The zero-order valence-electron chi connectivity index (χ0n) is 15.6. The lowest BCUT2D eigenvalue weighted by Crippen LogP contribution is -2.45. The van der Waals surface area contributed by atoms with Crippen molar-refractivity contribution in [3.63, 3.8) is 0 Å². The van der Waals surface area contributed by atoms with Crippen LogP contribution >= 0.6 is 0 Å². The van der Waals surface area contributed by atoms with Crippen molar-refractivity contribution in [3.8, 4) is 11.5 Å². The minimum atomic E-state index is -0.979. The molecule has 0 spiro atoms. The van der Waals surface area contributed by atoms with Gasteiger partial charge in [0.05, 0.1) is 0 Å². The summed E-state index contributed by atoms with van der Waals surface area (Å²) in [5, 5.41) is 20.6. The Kier molecular flexibility index (Phi) is 4.56. The number of rotatable bonds is 4. The maximum Gasteiger partial charge on any atom is 0.339 e. The van der Waals surface area contributed by atoms with Crippen molar-refractivity contribution in [2.75, 3.05) is 0 Å². The second-order valence-electron chi connectivity index (χ2n) is 7.97. The molecule has 0 fully saturated rings. The highest BCUT2D eigenvalue weighted by atomic mass is 16.5. The molecule has 136 valence electrons. The van der Waals surface area contributed by atoms with Crippen LogP contribution in [-0.4, -0.2) is 21.8 Å². The minimum absolute atomic E-state index is 0.00539. The predicted octanol–water partition coefficient (Wildman–Crippen LogP) is 5.04. The Morgan fingerprint density at radius 3 is 2.76 bits per heavy atom. The molecule has 0 radical (unpaired) electrons. The molecule has 0 unspecified atom stereocenters.